The van der Waals surface area contributed by atoms with E-state index in [0.717, 1.165) is 16.9 Å². The van der Waals surface area contributed by atoms with E-state index in [1.807, 2.05) is 0 Å². The fraction of sp³-hybridized carbons (Fsp3) is 0.846. The minimum atomic E-state index is 0.486. The van der Waals surface area contributed by atoms with E-state index in [2.05, 4.69) is 48.6 Å². The number of nitrogens with one attached hydrogen (secondary N) is 1. The molecule has 3 atom stereocenters. The number of hydrogen-bond acceptors (Lipinski definition) is 1. The molecule has 2 bridgehead atoms. The van der Waals surface area contributed by atoms with Crippen molar-refractivity contribution in [3.8, 4) is 0 Å². The molecule has 0 aliphatic heterocycles. The molecule has 0 aromatic rings. The summed E-state index contributed by atoms with van der Waals surface area (Å²) in [4.78, 5) is 0. The molecule has 3 unspecified atom stereocenters. The van der Waals surface area contributed by atoms with Crippen LogP contribution in [0.3, 0.4) is 0 Å². The van der Waals surface area contributed by atoms with Gasteiger partial charge in [0.15, 0.2) is 0 Å². The maximum atomic E-state index is 3.89. The lowest BCUT2D eigenvalue weighted by Crippen LogP contribution is -2.44. The Balaban J connectivity index is 2.09. The van der Waals surface area contributed by atoms with E-state index in [0.29, 0.717) is 16.9 Å². The van der Waals surface area contributed by atoms with Gasteiger partial charge in [-0.2, -0.15) is 0 Å². The third kappa shape index (κ3) is 1.61. The molecule has 0 amide bonds. The second-order valence-corrected chi connectivity index (χ2v) is 7.18. The summed E-state index contributed by atoms with van der Waals surface area (Å²) in [6.07, 6.45) is 4.16. The molecular formula is C13H22BrN. The first-order valence-corrected chi connectivity index (χ1v) is 6.74. The molecule has 0 radical (unpaired) electrons. The topological polar surface area (TPSA) is 12.0 Å². The zero-order valence-electron chi connectivity index (χ0n) is 10.1. The maximum Gasteiger partial charge on any atom is 0.0268 e. The minimum Gasteiger partial charge on any atom is -0.309 e. The molecule has 2 fully saturated rings. The van der Waals surface area contributed by atoms with E-state index < -0.39 is 0 Å². The van der Waals surface area contributed by atoms with Crippen LogP contribution in [0, 0.1) is 16.7 Å². The average molecular weight is 272 g/mol. The van der Waals surface area contributed by atoms with Crippen LogP contribution in [0.5, 0.6) is 0 Å². The van der Waals surface area contributed by atoms with Gasteiger partial charge < -0.3 is 5.32 Å². The van der Waals surface area contributed by atoms with Gasteiger partial charge in [-0.25, -0.2) is 0 Å². The van der Waals surface area contributed by atoms with Crippen LogP contribution >= 0.6 is 15.9 Å². The highest BCUT2D eigenvalue weighted by molar-refractivity contribution is 9.11. The third-order valence-electron chi connectivity index (χ3n) is 5.33. The Morgan fingerprint density at radius 1 is 1.47 bits per heavy atom. The van der Waals surface area contributed by atoms with Crippen LogP contribution in [0.4, 0.5) is 0 Å². The van der Waals surface area contributed by atoms with Gasteiger partial charge in [0.2, 0.25) is 0 Å². The third-order valence-corrected chi connectivity index (χ3v) is 5.61. The van der Waals surface area contributed by atoms with E-state index in [4.69, 9.17) is 0 Å². The number of rotatable bonds is 3. The Hall–Kier alpha value is 0.180. The van der Waals surface area contributed by atoms with Crippen LogP contribution < -0.4 is 5.32 Å². The molecule has 2 saturated carbocycles. The highest BCUT2D eigenvalue weighted by Crippen LogP contribution is 2.65. The molecule has 0 heterocycles. The summed E-state index contributed by atoms with van der Waals surface area (Å²) in [6.45, 7) is 12.2. The Morgan fingerprint density at radius 3 is 2.53 bits per heavy atom. The number of halogens is 1. The van der Waals surface area contributed by atoms with Gasteiger partial charge >= 0.3 is 0 Å². The Bertz CT molecular complexity index is 284. The maximum absolute atomic E-state index is 3.89. The Kier molecular flexibility index (Phi) is 2.79. The minimum absolute atomic E-state index is 0.486. The standard InChI is InChI=1S/C13H22BrN/c1-9(14)8-15-11-7-10-5-6-13(11,4)12(10,2)3/h10-11,15H,1,5-8H2,2-4H3. The smallest absolute Gasteiger partial charge is 0.0268 e. The lowest BCUT2D eigenvalue weighted by Gasteiger charge is -2.39. The van der Waals surface area contributed by atoms with Crippen molar-refractivity contribution in [3.63, 3.8) is 0 Å². The first-order valence-electron chi connectivity index (χ1n) is 5.94. The summed E-state index contributed by atoms with van der Waals surface area (Å²) in [7, 11) is 0. The van der Waals surface area contributed by atoms with Crippen molar-refractivity contribution in [1.29, 1.82) is 0 Å². The van der Waals surface area contributed by atoms with E-state index in [9.17, 15) is 0 Å². The van der Waals surface area contributed by atoms with Gasteiger partial charge in [-0.15, -0.1) is 0 Å². The molecular weight excluding hydrogens is 250 g/mol. The first-order chi connectivity index (χ1) is 6.88. The van der Waals surface area contributed by atoms with Crippen molar-refractivity contribution >= 4 is 15.9 Å². The molecule has 0 aromatic carbocycles. The number of hydrogen-bond donors (Lipinski definition) is 1. The quantitative estimate of drug-likeness (QED) is 0.826. The highest BCUT2D eigenvalue weighted by atomic mass is 79.9. The second kappa shape index (κ2) is 3.59. The summed E-state index contributed by atoms with van der Waals surface area (Å²) in [5.74, 6) is 0.920. The molecule has 15 heavy (non-hydrogen) atoms. The van der Waals surface area contributed by atoms with Crippen molar-refractivity contribution in [2.24, 2.45) is 16.7 Å². The Morgan fingerprint density at radius 2 is 2.13 bits per heavy atom. The van der Waals surface area contributed by atoms with E-state index >= 15 is 0 Å². The predicted octanol–water partition coefficient (Wildman–Crippen LogP) is 3.70. The monoisotopic (exact) mass is 271 g/mol. The van der Waals surface area contributed by atoms with Crippen LogP contribution in [-0.2, 0) is 0 Å². The summed E-state index contributed by atoms with van der Waals surface area (Å²) in [5.41, 5.74) is 0.998. The van der Waals surface area contributed by atoms with E-state index in [1.54, 1.807) is 0 Å². The van der Waals surface area contributed by atoms with Crippen molar-refractivity contribution in [1.82, 2.24) is 5.32 Å². The van der Waals surface area contributed by atoms with Crippen LogP contribution in [-0.4, -0.2) is 12.6 Å². The molecule has 0 saturated heterocycles. The Labute approximate surface area is 102 Å². The molecule has 0 spiro atoms. The van der Waals surface area contributed by atoms with Crippen LogP contribution in [0.15, 0.2) is 11.1 Å². The fourth-order valence-corrected chi connectivity index (χ4v) is 3.91. The van der Waals surface area contributed by atoms with Gasteiger partial charge in [-0.3, -0.25) is 0 Å². The van der Waals surface area contributed by atoms with Crippen LogP contribution in [0.2, 0.25) is 0 Å². The van der Waals surface area contributed by atoms with Crippen molar-refractivity contribution in [2.45, 2.75) is 46.1 Å². The lowest BCUT2D eigenvalue weighted by molar-refractivity contribution is 0.123. The van der Waals surface area contributed by atoms with Crippen LogP contribution in [0.25, 0.3) is 0 Å². The number of fused-ring (bicyclic) bond motifs is 2. The molecule has 2 heteroatoms. The fourth-order valence-electron chi connectivity index (χ4n) is 3.75. The van der Waals surface area contributed by atoms with Crippen LogP contribution in [0.1, 0.15) is 40.0 Å². The van der Waals surface area contributed by atoms with Gasteiger partial charge in [-0.1, -0.05) is 43.3 Å². The summed E-state index contributed by atoms with van der Waals surface area (Å²) in [5, 5.41) is 3.66. The summed E-state index contributed by atoms with van der Waals surface area (Å²) >= 11 is 3.42. The second-order valence-electron chi connectivity index (χ2n) is 6.06. The highest BCUT2D eigenvalue weighted by Gasteiger charge is 2.60. The van der Waals surface area contributed by atoms with Gasteiger partial charge in [-0.05, 0) is 36.0 Å². The van der Waals surface area contributed by atoms with Gasteiger partial charge in [0.25, 0.3) is 0 Å². The SMILES string of the molecule is C=C(Br)CNC1CC2CCC1(C)C2(C)C. The molecule has 86 valence electrons. The summed E-state index contributed by atoms with van der Waals surface area (Å²) in [6, 6.07) is 0.681. The van der Waals surface area contributed by atoms with Crippen molar-refractivity contribution in [2.75, 3.05) is 6.54 Å². The van der Waals surface area contributed by atoms with E-state index in [-0.39, 0.29) is 0 Å². The van der Waals surface area contributed by atoms with Gasteiger partial charge in [0, 0.05) is 17.1 Å². The zero-order chi connectivity index (χ0) is 11.3. The van der Waals surface area contributed by atoms with Gasteiger partial charge in [0.1, 0.15) is 0 Å². The average Bonchev–Trinajstić information content (AvgIpc) is 2.46. The van der Waals surface area contributed by atoms with Crippen molar-refractivity contribution in [3.05, 3.63) is 11.1 Å². The lowest BCUT2D eigenvalue weighted by atomic mass is 9.69. The molecule has 2 rings (SSSR count). The molecule has 2 aliphatic rings. The predicted molar refractivity (Wildman–Crippen MR) is 69.1 cm³/mol. The zero-order valence-corrected chi connectivity index (χ0v) is 11.7. The van der Waals surface area contributed by atoms with E-state index in [1.165, 1.54) is 19.3 Å². The summed E-state index contributed by atoms with van der Waals surface area (Å²) < 4.78 is 1.06. The van der Waals surface area contributed by atoms with Gasteiger partial charge in [0.05, 0.1) is 0 Å². The molecule has 1 nitrogen and oxygen atoms in total. The molecule has 1 N–H and O–H groups in total. The molecule has 2 aliphatic carbocycles. The van der Waals surface area contributed by atoms with Crippen molar-refractivity contribution < 1.29 is 0 Å². The first kappa shape index (κ1) is 11.7. The normalized spacial score (nSPS) is 42.1. The largest absolute Gasteiger partial charge is 0.309 e. The molecule has 0 aromatic heterocycles.